The highest BCUT2D eigenvalue weighted by atomic mass is 35.5. The molecule has 0 spiro atoms. The molecular weight excluding hydrogens is 532 g/mol. The van der Waals surface area contributed by atoms with Crippen LogP contribution >= 0.6 is 11.6 Å². The van der Waals surface area contributed by atoms with Crippen LogP contribution in [0.15, 0.2) is 94.8 Å². The Bertz CT molecular complexity index is 1330. The monoisotopic (exact) mass is 566 g/mol. The summed E-state index contributed by atoms with van der Waals surface area (Å²) < 4.78 is 35.7. The van der Waals surface area contributed by atoms with Crippen LogP contribution in [0.2, 0.25) is 0 Å². The predicted octanol–water partition coefficient (Wildman–Crippen LogP) is 6.05. The van der Waals surface area contributed by atoms with Gasteiger partial charge in [-0.3, -0.25) is 4.99 Å². The van der Waals surface area contributed by atoms with Crippen LogP contribution < -0.4 is 4.72 Å². The molecule has 0 radical (unpaired) electrons. The third-order valence-corrected chi connectivity index (χ3v) is 9.13. The Morgan fingerprint density at radius 3 is 1.97 bits per heavy atom. The highest BCUT2D eigenvalue weighted by Crippen LogP contribution is 2.40. The van der Waals surface area contributed by atoms with Gasteiger partial charge in [0.05, 0.1) is 28.1 Å². The fraction of sp³-hybridized carbons (Fsp3) is 0.355. The van der Waals surface area contributed by atoms with Crippen LogP contribution in [0.25, 0.3) is 0 Å². The first-order valence-electron chi connectivity index (χ1n) is 13.4. The molecule has 3 aromatic carbocycles. The van der Waals surface area contributed by atoms with Gasteiger partial charge in [-0.1, -0.05) is 97.6 Å². The number of sulfonamides is 1. The van der Waals surface area contributed by atoms with Gasteiger partial charge in [-0.15, -0.1) is 11.6 Å². The van der Waals surface area contributed by atoms with Gasteiger partial charge in [-0.05, 0) is 38.8 Å². The summed E-state index contributed by atoms with van der Waals surface area (Å²) >= 11 is 7.27. The minimum Gasteiger partial charge on any atom is -0.464 e. The van der Waals surface area contributed by atoms with E-state index in [1.807, 2.05) is 67.6 Å². The highest BCUT2D eigenvalue weighted by Gasteiger charge is 2.48. The summed E-state index contributed by atoms with van der Waals surface area (Å²) in [6.45, 7) is 3.74. The maximum absolute atomic E-state index is 13.7. The lowest BCUT2D eigenvalue weighted by Crippen LogP contribution is -2.58. The van der Waals surface area contributed by atoms with Crippen LogP contribution in [-0.2, 0) is 19.6 Å². The smallest absolute Gasteiger partial charge is 0.332 e. The minimum atomic E-state index is -4.03. The lowest BCUT2D eigenvalue weighted by molar-refractivity contribution is -0.145. The van der Waals surface area contributed by atoms with Crippen LogP contribution in [0.4, 0.5) is 0 Å². The number of hydrogen-bond donors (Lipinski definition) is 1. The van der Waals surface area contributed by atoms with Gasteiger partial charge in [0.2, 0.25) is 10.0 Å². The van der Waals surface area contributed by atoms with E-state index in [0.717, 1.165) is 36.0 Å². The standard InChI is InChI=1S/C31H35ClN2O4S/c1-3-38-30(35)28(33-27(24-13-7-4-8-14-24)25-15-9-5-10-16-25)29(31(32)21-11-6-12-22-31)34-39(36,37)26-19-17-23(2)18-20-26/h4-5,7-10,13-20,28-29,34H,3,6,11-12,21-22H2,1-2H3/t28-,29+/m1/s1. The van der Waals surface area contributed by atoms with Crippen molar-refractivity contribution in [2.75, 3.05) is 6.61 Å². The zero-order valence-corrected chi connectivity index (χ0v) is 23.9. The van der Waals surface area contributed by atoms with Gasteiger partial charge in [-0.25, -0.2) is 17.9 Å². The second-order valence-electron chi connectivity index (χ2n) is 9.91. The van der Waals surface area contributed by atoms with E-state index < -0.39 is 33.0 Å². The van der Waals surface area contributed by atoms with E-state index in [-0.39, 0.29) is 11.5 Å². The molecule has 1 fully saturated rings. The highest BCUT2D eigenvalue weighted by molar-refractivity contribution is 7.89. The zero-order chi connectivity index (χ0) is 27.9. The summed E-state index contributed by atoms with van der Waals surface area (Å²) in [7, 11) is -4.03. The van der Waals surface area contributed by atoms with Gasteiger partial charge in [0.15, 0.2) is 6.04 Å². The van der Waals surface area contributed by atoms with Crippen molar-refractivity contribution in [2.45, 2.75) is 67.8 Å². The summed E-state index contributed by atoms with van der Waals surface area (Å²) in [5.41, 5.74) is 3.09. The van der Waals surface area contributed by atoms with E-state index in [1.165, 1.54) is 0 Å². The lowest BCUT2D eigenvalue weighted by Gasteiger charge is -2.40. The van der Waals surface area contributed by atoms with Crippen molar-refractivity contribution < 1.29 is 17.9 Å². The number of benzene rings is 3. The molecule has 0 unspecified atom stereocenters. The predicted molar refractivity (Wildman–Crippen MR) is 156 cm³/mol. The molecule has 1 aliphatic carbocycles. The lowest BCUT2D eigenvalue weighted by atomic mass is 9.80. The number of esters is 1. The van der Waals surface area contributed by atoms with E-state index in [0.29, 0.717) is 18.6 Å². The molecule has 0 amide bonds. The van der Waals surface area contributed by atoms with E-state index in [2.05, 4.69) is 4.72 Å². The van der Waals surface area contributed by atoms with Crippen LogP contribution in [0.1, 0.15) is 55.7 Å². The number of carbonyl (C=O) groups is 1. The van der Waals surface area contributed by atoms with E-state index in [1.54, 1.807) is 31.2 Å². The van der Waals surface area contributed by atoms with Gasteiger partial charge < -0.3 is 4.74 Å². The van der Waals surface area contributed by atoms with Crippen LogP contribution in [-0.4, -0.2) is 43.7 Å². The van der Waals surface area contributed by atoms with E-state index in [9.17, 15) is 13.2 Å². The summed E-state index contributed by atoms with van der Waals surface area (Å²) in [5, 5.41) is 0. The first-order valence-corrected chi connectivity index (χ1v) is 15.2. The van der Waals surface area contributed by atoms with Crippen molar-refractivity contribution in [3.63, 3.8) is 0 Å². The number of aryl methyl sites for hydroxylation is 1. The topological polar surface area (TPSA) is 84.8 Å². The molecule has 39 heavy (non-hydrogen) atoms. The molecule has 0 saturated heterocycles. The molecule has 0 aromatic heterocycles. The fourth-order valence-electron chi connectivity index (χ4n) is 4.99. The second-order valence-corrected chi connectivity index (χ2v) is 12.4. The number of ether oxygens (including phenoxy) is 1. The van der Waals surface area contributed by atoms with Crippen molar-refractivity contribution in [2.24, 2.45) is 4.99 Å². The molecule has 2 atom stereocenters. The molecule has 4 rings (SSSR count). The fourth-order valence-corrected chi connectivity index (χ4v) is 6.82. The first-order chi connectivity index (χ1) is 18.7. The molecule has 206 valence electrons. The third-order valence-electron chi connectivity index (χ3n) is 7.06. The second kappa shape index (κ2) is 12.9. The van der Waals surface area contributed by atoms with E-state index >= 15 is 0 Å². The Labute approximate surface area is 236 Å². The summed E-state index contributed by atoms with van der Waals surface area (Å²) in [4.78, 5) is 17.7. The normalized spacial score (nSPS) is 16.6. The van der Waals surface area contributed by atoms with Crippen molar-refractivity contribution >= 4 is 33.3 Å². The van der Waals surface area contributed by atoms with Crippen molar-refractivity contribution in [1.82, 2.24) is 4.72 Å². The number of nitrogens with zero attached hydrogens (tertiary/aromatic N) is 1. The number of hydrogen-bond acceptors (Lipinski definition) is 5. The Morgan fingerprint density at radius 2 is 1.46 bits per heavy atom. The zero-order valence-electron chi connectivity index (χ0n) is 22.3. The minimum absolute atomic E-state index is 0.104. The van der Waals surface area contributed by atoms with Crippen molar-refractivity contribution in [1.29, 1.82) is 0 Å². The summed E-state index contributed by atoms with van der Waals surface area (Å²) in [6, 6.07) is 23.4. The average Bonchev–Trinajstić information content (AvgIpc) is 2.94. The maximum atomic E-state index is 13.7. The summed E-state index contributed by atoms with van der Waals surface area (Å²) in [5.74, 6) is -0.621. The molecule has 0 bridgehead atoms. The van der Waals surface area contributed by atoms with Crippen molar-refractivity contribution in [3.8, 4) is 0 Å². The largest absolute Gasteiger partial charge is 0.464 e. The molecule has 0 heterocycles. The Balaban J connectivity index is 1.88. The molecular formula is C31H35ClN2O4S. The number of nitrogens with one attached hydrogen (secondary N) is 1. The number of carbonyl (C=O) groups excluding carboxylic acids is 1. The number of halogens is 1. The third kappa shape index (κ3) is 7.15. The number of aliphatic imine (C=N–C) groups is 1. The number of alkyl halides is 1. The van der Waals surface area contributed by atoms with Gasteiger partial charge in [-0.2, -0.15) is 0 Å². The molecule has 8 heteroatoms. The average molecular weight is 567 g/mol. The molecule has 6 nitrogen and oxygen atoms in total. The Morgan fingerprint density at radius 1 is 0.923 bits per heavy atom. The SMILES string of the molecule is CCOC(=O)[C@H](N=C(c1ccccc1)c1ccccc1)[C@H](NS(=O)(=O)c1ccc(C)cc1)C1(Cl)CCCCC1. The van der Waals surface area contributed by atoms with Gasteiger partial charge in [0.25, 0.3) is 0 Å². The Kier molecular flexibility index (Phi) is 9.59. The number of rotatable bonds is 10. The maximum Gasteiger partial charge on any atom is 0.332 e. The quantitative estimate of drug-likeness (QED) is 0.184. The van der Waals surface area contributed by atoms with Gasteiger partial charge in [0, 0.05) is 11.1 Å². The first kappa shape index (κ1) is 29.0. The summed E-state index contributed by atoms with van der Waals surface area (Å²) in [6.07, 6.45) is 3.75. The van der Waals surface area contributed by atoms with Crippen molar-refractivity contribution in [3.05, 3.63) is 102 Å². The van der Waals surface area contributed by atoms with Gasteiger partial charge in [0.1, 0.15) is 0 Å². The van der Waals surface area contributed by atoms with Crippen LogP contribution in [0.5, 0.6) is 0 Å². The van der Waals surface area contributed by atoms with Crippen LogP contribution in [0, 0.1) is 6.92 Å². The molecule has 1 N–H and O–H groups in total. The van der Waals surface area contributed by atoms with Crippen LogP contribution in [0.3, 0.4) is 0 Å². The molecule has 0 aliphatic heterocycles. The molecule has 1 aliphatic rings. The molecule has 1 saturated carbocycles. The Hall–Kier alpha value is -3.00. The molecule has 3 aromatic rings. The van der Waals surface area contributed by atoms with E-state index in [4.69, 9.17) is 21.3 Å². The van der Waals surface area contributed by atoms with Gasteiger partial charge >= 0.3 is 5.97 Å².